The standard InChI is InChI=1S/C15H24N2O3.ClH/c1-11-5-6-14(20-4)13(9-11)12(2)17-15(18)10-16-7-8-19-3;/h5-6,9,12,16H,7-8,10H2,1-4H3,(H,17,18);1H. The SMILES string of the molecule is COCCNCC(=O)NC(C)c1cc(C)ccc1OC.Cl. The molecule has 0 aliphatic heterocycles. The van der Waals surface area contributed by atoms with Crippen LogP contribution in [-0.4, -0.2) is 39.8 Å². The lowest BCUT2D eigenvalue weighted by Crippen LogP contribution is -2.36. The third kappa shape index (κ3) is 6.80. The van der Waals surface area contributed by atoms with Gasteiger partial charge in [-0.15, -0.1) is 12.4 Å². The highest BCUT2D eigenvalue weighted by Crippen LogP contribution is 2.25. The minimum Gasteiger partial charge on any atom is -0.496 e. The van der Waals surface area contributed by atoms with E-state index in [9.17, 15) is 4.79 Å². The van der Waals surface area contributed by atoms with Gasteiger partial charge in [-0.3, -0.25) is 4.79 Å². The first kappa shape index (κ1) is 19.7. The van der Waals surface area contributed by atoms with Crippen LogP contribution in [0.15, 0.2) is 18.2 Å². The fraction of sp³-hybridized carbons (Fsp3) is 0.533. The van der Waals surface area contributed by atoms with Crippen LogP contribution in [0.2, 0.25) is 0 Å². The Kier molecular flexibility index (Phi) is 9.78. The van der Waals surface area contributed by atoms with Gasteiger partial charge >= 0.3 is 0 Å². The van der Waals surface area contributed by atoms with Crippen LogP contribution in [0, 0.1) is 6.92 Å². The Morgan fingerprint density at radius 3 is 2.67 bits per heavy atom. The molecule has 0 aliphatic carbocycles. The summed E-state index contributed by atoms with van der Waals surface area (Å²) in [6.45, 7) is 5.50. The lowest BCUT2D eigenvalue weighted by molar-refractivity contribution is -0.120. The summed E-state index contributed by atoms with van der Waals surface area (Å²) in [6, 6.07) is 5.84. The number of benzene rings is 1. The number of methoxy groups -OCH3 is 2. The van der Waals surface area contributed by atoms with E-state index in [4.69, 9.17) is 9.47 Å². The van der Waals surface area contributed by atoms with Gasteiger partial charge in [0.25, 0.3) is 0 Å². The second kappa shape index (κ2) is 10.4. The van der Waals surface area contributed by atoms with Crippen LogP contribution in [0.1, 0.15) is 24.1 Å². The monoisotopic (exact) mass is 316 g/mol. The maximum absolute atomic E-state index is 11.8. The molecule has 0 radical (unpaired) electrons. The van der Waals surface area contributed by atoms with Crippen LogP contribution in [0.4, 0.5) is 0 Å². The highest BCUT2D eigenvalue weighted by atomic mass is 35.5. The van der Waals surface area contributed by atoms with Crippen molar-refractivity contribution in [2.24, 2.45) is 0 Å². The molecule has 0 spiro atoms. The second-order valence-electron chi connectivity index (χ2n) is 4.70. The highest BCUT2D eigenvalue weighted by molar-refractivity contribution is 5.85. The average Bonchev–Trinajstić information content (AvgIpc) is 2.43. The van der Waals surface area contributed by atoms with Gasteiger partial charge in [0.2, 0.25) is 5.91 Å². The van der Waals surface area contributed by atoms with Gasteiger partial charge in [0, 0.05) is 19.2 Å². The first-order chi connectivity index (χ1) is 9.58. The van der Waals surface area contributed by atoms with Crippen LogP contribution in [-0.2, 0) is 9.53 Å². The van der Waals surface area contributed by atoms with E-state index < -0.39 is 0 Å². The predicted octanol–water partition coefficient (Wildman–Crippen LogP) is 1.84. The van der Waals surface area contributed by atoms with Gasteiger partial charge in [-0.05, 0) is 19.9 Å². The predicted molar refractivity (Wildman–Crippen MR) is 86.3 cm³/mol. The molecule has 0 saturated carbocycles. The number of amides is 1. The zero-order chi connectivity index (χ0) is 15.0. The van der Waals surface area contributed by atoms with Crippen molar-refractivity contribution < 1.29 is 14.3 Å². The quantitative estimate of drug-likeness (QED) is 0.719. The molecule has 1 atom stereocenters. The Labute approximate surface area is 132 Å². The largest absolute Gasteiger partial charge is 0.496 e. The van der Waals surface area contributed by atoms with E-state index in [0.717, 1.165) is 16.9 Å². The molecule has 0 aromatic heterocycles. The van der Waals surface area contributed by atoms with Crippen molar-refractivity contribution >= 4 is 18.3 Å². The topological polar surface area (TPSA) is 59.6 Å². The zero-order valence-corrected chi connectivity index (χ0v) is 13.9. The van der Waals surface area contributed by atoms with Crippen molar-refractivity contribution in [1.29, 1.82) is 0 Å². The number of halogens is 1. The molecule has 1 rings (SSSR count). The maximum Gasteiger partial charge on any atom is 0.234 e. The van der Waals surface area contributed by atoms with Crippen molar-refractivity contribution in [3.63, 3.8) is 0 Å². The number of ether oxygens (including phenoxy) is 2. The summed E-state index contributed by atoms with van der Waals surface area (Å²) in [4.78, 5) is 11.8. The molecule has 120 valence electrons. The van der Waals surface area contributed by atoms with Crippen LogP contribution >= 0.6 is 12.4 Å². The molecular weight excluding hydrogens is 292 g/mol. The number of rotatable bonds is 8. The Morgan fingerprint density at radius 1 is 1.33 bits per heavy atom. The van der Waals surface area contributed by atoms with E-state index in [0.29, 0.717) is 13.2 Å². The molecular formula is C15H25ClN2O3. The number of nitrogens with one attached hydrogen (secondary N) is 2. The highest BCUT2D eigenvalue weighted by Gasteiger charge is 2.13. The van der Waals surface area contributed by atoms with E-state index in [2.05, 4.69) is 10.6 Å². The van der Waals surface area contributed by atoms with Crippen molar-refractivity contribution in [2.75, 3.05) is 33.9 Å². The molecule has 0 saturated heterocycles. The summed E-state index contributed by atoms with van der Waals surface area (Å²) in [7, 11) is 3.27. The lowest BCUT2D eigenvalue weighted by Gasteiger charge is -2.18. The maximum atomic E-state index is 11.8. The summed E-state index contributed by atoms with van der Waals surface area (Å²) in [5.74, 6) is 0.743. The Morgan fingerprint density at radius 2 is 2.05 bits per heavy atom. The minimum atomic E-state index is -0.0958. The van der Waals surface area contributed by atoms with Gasteiger partial charge in [-0.2, -0.15) is 0 Å². The smallest absolute Gasteiger partial charge is 0.234 e. The molecule has 21 heavy (non-hydrogen) atoms. The van der Waals surface area contributed by atoms with Crippen molar-refractivity contribution in [1.82, 2.24) is 10.6 Å². The van der Waals surface area contributed by atoms with Gasteiger partial charge in [0.05, 0.1) is 26.3 Å². The fourth-order valence-electron chi connectivity index (χ4n) is 1.94. The Bertz CT molecular complexity index is 441. The number of carbonyl (C=O) groups is 1. The molecule has 6 heteroatoms. The average molecular weight is 317 g/mol. The van der Waals surface area contributed by atoms with E-state index in [1.165, 1.54) is 0 Å². The summed E-state index contributed by atoms with van der Waals surface area (Å²) in [6.07, 6.45) is 0. The summed E-state index contributed by atoms with van der Waals surface area (Å²) in [5.41, 5.74) is 2.12. The van der Waals surface area contributed by atoms with E-state index in [-0.39, 0.29) is 30.9 Å². The van der Waals surface area contributed by atoms with Crippen molar-refractivity contribution in [2.45, 2.75) is 19.9 Å². The van der Waals surface area contributed by atoms with Gasteiger partial charge < -0.3 is 20.1 Å². The molecule has 0 heterocycles. The normalized spacial score (nSPS) is 11.4. The molecule has 2 N–H and O–H groups in total. The molecule has 0 aliphatic rings. The van der Waals surface area contributed by atoms with E-state index >= 15 is 0 Å². The van der Waals surface area contributed by atoms with Gasteiger partial charge in [-0.25, -0.2) is 0 Å². The van der Waals surface area contributed by atoms with E-state index in [1.54, 1.807) is 14.2 Å². The lowest BCUT2D eigenvalue weighted by atomic mass is 10.0. The Hall–Kier alpha value is -1.30. The minimum absolute atomic E-state index is 0. The molecule has 0 bridgehead atoms. The van der Waals surface area contributed by atoms with Crippen LogP contribution in [0.25, 0.3) is 0 Å². The first-order valence-electron chi connectivity index (χ1n) is 6.72. The van der Waals surface area contributed by atoms with Gasteiger partial charge in [-0.1, -0.05) is 17.7 Å². The molecule has 5 nitrogen and oxygen atoms in total. The zero-order valence-electron chi connectivity index (χ0n) is 13.1. The summed E-state index contributed by atoms with van der Waals surface area (Å²) >= 11 is 0. The number of hydrogen-bond acceptors (Lipinski definition) is 4. The molecule has 1 amide bonds. The molecule has 1 aromatic carbocycles. The molecule has 1 aromatic rings. The van der Waals surface area contributed by atoms with Crippen LogP contribution in [0.5, 0.6) is 5.75 Å². The Balaban J connectivity index is 0.00000400. The molecule has 1 unspecified atom stereocenters. The number of aryl methyl sites for hydroxylation is 1. The van der Waals surface area contributed by atoms with E-state index in [1.807, 2.05) is 32.0 Å². The van der Waals surface area contributed by atoms with Gasteiger partial charge in [0.15, 0.2) is 0 Å². The molecule has 0 fully saturated rings. The van der Waals surface area contributed by atoms with Crippen LogP contribution < -0.4 is 15.4 Å². The van der Waals surface area contributed by atoms with Crippen LogP contribution in [0.3, 0.4) is 0 Å². The number of carbonyl (C=O) groups excluding carboxylic acids is 1. The summed E-state index contributed by atoms with van der Waals surface area (Å²) in [5, 5.41) is 5.97. The third-order valence-electron chi connectivity index (χ3n) is 3.00. The summed E-state index contributed by atoms with van der Waals surface area (Å²) < 4.78 is 10.2. The fourth-order valence-corrected chi connectivity index (χ4v) is 1.94. The third-order valence-corrected chi connectivity index (χ3v) is 3.00. The first-order valence-corrected chi connectivity index (χ1v) is 6.72. The second-order valence-corrected chi connectivity index (χ2v) is 4.70. The number of hydrogen-bond donors (Lipinski definition) is 2. The van der Waals surface area contributed by atoms with Crippen molar-refractivity contribution in [3.8, 4) is 5.75 Å². The van der Waals surface area contributed by atoms with Crippen molar-refractivity contribution in [3.05, 3.63) is 29.3 Å². The van der Waals surface area contributed by atoms with Gasteiger partial charge in [0.1, 0.15) is 5.75 Å².